The van der Waals surface area contributed by atoms with Crippen LogP contribution >= 0.6 is 0 Å². The lowest BCUT2D eigenvalue weighted by atomic mass is 9.93. The molecule has 4 heteroatoms. The number of aromatic nitrogens is 1. The molecular weight excluding hydrogens is 190 g/mol. The molecule has 0 aliphatic heterocycles. The Hall–Kier alpha value is -1.89. The van der Waals surface area contributed by atoms with E-state index >= 15 is 0 Å². The molecule has 4 nitrogen and oxygen atoms in total. The van der Waals surface area contributed by atoms with Crippen LogP contribution in [-0.2, 0) is 0 Å². The van der Waals surface area contributed by atoms with Gasteiger partial charge in [0.05, 0.1) is 0 Å². The van der Waals surface area contributed by atoms with Gasteiger partial charge in [-0.05, 0) is 31.4 Å². The van der Waals surface area contributed by atoms with Crippen molar-refractivity contribution in [3.05, 3.63) is 29.6 Å². The van der Waals surface area contributed by atoms with Crippen LogP contribution in [-0.4, -0.2) is 16.9 Å². The molecule has 1 aromatic rings. The highest BCUT2D eigenvalue weighted by atomic mass is 16.1. The van der Waals surface area contributed by atoms with Crippen molar-refractivity contribution in [2.75, 3.05) is 0 Å². The molecule has 0 spiro atoms. The van der Waals surface area contributed by atoms with Crippen LogP contribution in [0.3, 0.4) is 0 Å². The van der Waals surface area contributed by atoms with E-state index in [1.807, 2.05) is 6.07 Å². The van der Waals surface area contributed by atoms with Gasteiger partial charge in [-0.1, -0.05) is 0 Å². The Morgan fingerprint density at radius 2 is 2.40 bits per heavy atom. The molecule has 0 aromatic carbocycles. The van der Waals surface area contributed by atoms with Crippen LogP contribution in [0.5, 0.6) is 0 Å². The lowest BCUT2D eigenvalue weighted by Crippen LogP contribution is -2.39. The Morgan fingerprint density at radius 3 is 3.00 bits per heavy atom. The normalized spacial score (nSPS) is 15.1. The van der Waals surface area contributed by atoms with Crippen LogP contribution in [0.25, 0.3) is 0 Å². The van der Waals surface area contributed by atoms with Crippen molar-refractivity contribution in [1.29, 1.82) is 5.26 Å². The van der Waals surface area contributed by atoms with Gasteiger partial charge in [-0.3, -0.25) is 4.79 Å². The van der Waals surface area contributed by atoms with Crippen molar-refractivity contribution < 1.29 is 4.79 Å². The molecule has 2 rings (SSSR count). The Kier molecular flexibility index (Phi) is 2.64. The minimum atomic E-state index is -0.112. The third kappa shape index (κ3) is 2.13. The lowest BCUT2D eigenvalue weighted by Gasteiger charge is -2.26. The highest BCUT2D eigenvalue weighted by Crippen LogP contribution is 2.18. The summed E-state index contributed by atoms with van der Waals surface area (Å²) in [5.74, 6) is -0.112. The van der Waals surface area contributed by atoms with Gasteiger partial charge in [0, 0.05) is 17.8 Å². The Morgan fingerprint density at radius 1 is 1.60 bits per heavy atom. The molecule has 0 saturated heterocycles. The monoisotopic (exact) mass is 201 g/mol. The fourth-order valence-corrected chi connectivity index (χ4v) is 1.45. The van der Waals surface area contributed by atoms with Gasteiger partial charge in [-0.15, -0.1) is 0 Å². The van der Waals surface area contributed by atoms with Crippen LogP contribution in [0.2, 0.25) is 0 Å². The SMILES string of the molecule is N#Cc1cc(C(=O)NC2CCC2)ccn1. The fraction of sp³-hybridized carbons (Fsp3) is 0.364. The average Bonchev–Trinajstić information content (AvgIpc) is 2.23. The number of rotatable bonds is 2. The van der Waals surface area contributed by atoms with Crippen molar-refractivity contribution >= 4 is 5.91 Å². The predicted octanol–water partition coefficient (Wildman–Crippen LogP) is 1.24. The highest BCUT2D eigenvalue weighted by Gasteiger charge is 2.20. The number of hydrogen-bond acceptors (Lipinski definition) is 3. The number of carbonyl (C=O) groups excluding carboxylic acids is 1. The predicted molar refractivity (Wildman–Crippen MR) is 54.1 cm³/mol. The maximum atomic E-state index is 11.7. The van der Waals surface area contributed by atoms with Crippen molar-refractivity contribution in [2.45, 2.75) is 25.3 Å². The van der Waals surface area contributed by atoms with E-state index in [0.29, 0.717) is 11.6 Å². The number of nitrogens with one attached hydrogen (secondary N) is 1. The number of pyridine rings is 1. The van der Waals surface area contributed by atoms with Crippen LogP contribution in [0, 0.1) is 11.3 Å². The number of nitrogens with zero attached hydrogens (tertiary/aromatic N) is 2. The first-order valence-electron chi connectivity index (χ1n) is 4.96. The first kappa shape index (κ1) is 9.66. The zero-order chi connectivity index (χ0) is 10.7. The number of carbonyl (C=O) groups is 1. The smallest absolute Gasteiger partial charge is 0.251 e. The van der Waals surface area contributed by atoms with Gasteiger partial charge in [0.15, 0.2) is 0 Å². The summed E-state index contributed by atoms with van der Waals surface area (Å²) in [6.07, 6.45) is 4.78. The molecule has 1 aliphatic carbocycles. The summed E-state index contributed by atoms with van der Waals surface area (Å²) in [6.45, 7) is 0. The molecule has 0 atom stereocenters. The first-order chi connectivity index (χ1) is 7.29. The van der Waals surface area contributed by atoms with Crippen LogP contribution in [0.4, 0.5) is 0 Å². The number of amides is 1. The minimum absolute atomic E-state index is 0.112. The van der Waals surface area contributed by atoms with Crippen LogP contribution < -0.4 is 5.32 Å². The number of nitriles is 1. The Balaban J connectivity index is 2.07. The lowest BCUT2D eigenvalue weighted by molar-refractivity contribution is 0.0917. The van der Waals surface area contributed by atoms with Crippen molar-refractivity contribution in [2.24, 2.45) is 0 Å². The quantitative estimate of drug-likeness (QED) is 0.782. The molecule has 1 saturated carbocycles. The topological polar surface area (TPSA) is 65.8 Å². The minimum Gasteiger partial charge on any atom is -0.349 e. The van der Waals surface area contributed by atoms with Gasteiger partial charge < -0.3 is 5.32 Å². The fourth-order valence-electron chi connectivity index (χ4n) is 1.45. The van der Waals surface area contributed by atoms with E-state index in [4.69, 9.17) is 5.26 Å². The second-order valence-corrected chi connectivity index (χ2v) is 3.64. The highest BCUT2D eigenvalue weighted by molar-refractivity contribution is 5.94. The second kappa shape index (κ2) is 4.09. The summed E-state index contributed by atoms with van der Waals surface area (Å²) in [5, 5.41) is 11.5. The molecule has 1 fully saturated rings. The molecule has 1 aromatic heterocycles. The molecule has 0 radical (unpaired) electrons. The van der Waals surface area contributed by atoms with E-state index in [9.17, 15) is 4.79 Å². The van der Waals surface area contributed by atoms with Gasteiger partial charge in [0.2, 0.25) is 0 Å². The summed E-state index contributed by atoms with van der Waals surface area (Å²) in [7, 11) is 0. The zero-order valence-electron chi connectivity index (χ0n) is 8.23. The summed E-state index contributed by atoms with van der Waals surface area (Å²) >= 11 is 0. The molecule has 1 amide bonds. The van der Waals surface area contributed by atoms with Crippen LogP contribution in [0.1, 0.15) is 35.3 Å². The Bertz CT molecular complexity index is 418. The molecular formula is C11H11N3O. The van der Waals surface area contributed by atoms with Crippen molar-refractivity contribution in [3.8, 4) is 6.07 Å². The molecule has 0 bridgehead atoms. The van der Waals surface area contributed by atoms with Gasteiger partial charge in [0.1, 0.15) is 11.8 Å². The van der Waals surface area contributed by atoms with E-state index < -0.39 is 0 Å². The third-order valence-electron chi connectivity index (χ3n) is 2.58. The molecule has 1 aliphatic rings. The van der Waals surface area contributed by atoms with E-state index in [-0.39, 0.29) is 11.6 Å². The van der Waals surface area contributed by atoms with Gasteiger partial charge in [0.25, 0.3) is 5.91 Å². The van der Waals surface area contributed by atoms with Crippen LogP contribution in [0.15, 0.2) is 18.3 Å². The molecule has 0 unspecified atom stereocenters. The molecule has 15 heavy (non-hydrogen) atoms. The molecule has 1 heterocycles. The maximum absolute atomic E-state index is 11.7. The van der Waals surface area contributed by atoms with E-state index in [2.05, 4.69) is 10.3 Å². The molecule has 76 valence electrons. The summed E-state index contributed by atoms with van der Waals surface area (Å²) < 4.78 is 0. The maximum Gasteiger partial charge on any atom is 0.251 e. The van der Waals surface area contributed by atoms with Crippen molar-refractivity contribution in [3.63, 3.8) is 0 Å². The largest absolute Gasteiger partial charge is 0.349 e. The van der Waals surface area contributed by atoms with E-state index in [0.717, 1.165) is 12.8 Å². The second-order valence-electron chi connectivity index (χ2n) is 3.64. The van der Waals surface area contributed by atoms with Gasteiger partial charge in [-0.25, -0.2) is 4.98 Å². The van der Waals surface area contributed by atoms with Gasteiger partial charge >= 0.3 is 0 Å². The number of hydrogen-bond donors (Lipinski definition) is 1. The zero-order valence-corrected chi connectivity index (χ0v) is 8.23. The van der Waals surface area contributed by atoms with Crippen molar-refractivity contribution in [1.82, 2.24) is 10.3 Å². The summed E-state index contributed by atoms with van der Waals surface area (Å²) in [4.78, 5) is 15.5. The average molecular weight is 201 g/mol. The Labute approximate surface area is 87.9 Å². The van der Waals surface area contributed by atoms with E-state index in [1.165, 1.54) is 18.7 Å². The molecule has 1 N–H and O–H groups in total. The first-order valence-corrected chi connectivity index (χ1v) is 4.96. The summed E-state index contributed by atoms with van der Waals surface area (Å²) in [6, 6.07) is 5.36. The summed E-state index contributed by atoms with van der Waals surface area (Å²) in [5.41, 5.74) is 0.782. The standard InChI is InChI=1S/C11H11N3O/c12-7-10-6-8(4-5-13-10)11(15)14-9-2-1-3-9/h4-6,9H,1-3H2,(H,14,15). The van der Waals surface area contributed by atoms with Gasteiger partial charge in [-0.2, -0.15) is 5.26 Å². The van der Waals surface area contributed by atoms with E-state index in [1.54, 1.807) is 6.07 Å². The third-order valence-corrected chi connectivity index (χ3v) is 2.58.